The molecule has 0 aliphatic rings. The van der Waals surface area contributed by atoms with Crippen molar-refractivity contribution in [1.82, 2.24) is 14.6 Å². The van der Waals surface area contributed by atoms with Crippen molar-refractivity contribution < 1.29 is 4.74 Å². The average Bonchev–Trinajstić information content (AvgIpc) is 3.01. The summed E-state index contributed by atoms with van der Waals surface area (Å²) < 4.78 is 7.44. The Labute approximate surface area is 150 Å². The van der Waals surface area contributed by atoms with Crippen LogP contribution in [0.15, 0.2) is 63.2 Å². The molecule has 7 heteroatoms. The van der Waals surface area contributed by atoms with Gasteiger partial charge in [0.05, 0.1) is 13.3 Å². The van der Waals surface area contributed by atoms with Crippen LogP contribution in [0.1, 0.15) is 5.56 Å². The third-order valence-electron chi connectivity index (χ3n) is 3.90. The van der Waals surface area contributed by atoms with Gasteiger partial charge in [-0.05, 0) is 35.9 Å². The zero-order chi connectivity index (χ0) is 17.4. The summed E-state index contributed by atoms with van der Waals surface area (Å²) in [5, 5.41) is 5.06. The second-order valence-electron chi connectivity index (χ2n) is 5.45. The molecular weight excluding hydrogens is 384 g/mol. The summed E-state index contributed by atoms with van der Waals surface area (Å²) in [5.41, 5.74) is 2.48. The summed E-state index contributed by atoms with van der Waals surface area (Å²) in [6.45, 7) is 0. The first-order valence-corrected chi connectivity index (χ1v) is 8.32. The molecule has 25 heavy (non-hydrogen) atoms. The summed E-state index contributed by atoms with van der Waals surface area (Å²) in [7, 11) is 1.60. The van der Waals surface area contributed by atoms with Crippen LogP contribution in [-0.2, 0) is 0 Å². The van der Waals surface area contributed by atoms with Crippen molar-refractivity contribution in [3.05, 3.63) is 69.2 Å². The maximum absolute atomic E-state index is 12.7. The molecule has 4 rings (SSSR count). The van der Waals surface area contributed by atoms with E-state index in [-0.39, 0.29) is 5.56 Å². The van der Waals surface area contributed by atoms with Crippen LogP contribution >= 0.6 is 15.9 Å². The van der Waals surface area contributed by atoms with Gasteiger partial charge in [0.2, 0.25) is 0 Å². The monoisotopic (exact) mass is 396 g/mol. The fourth-order valence-electron chi connectivity index (χ4n) is 2.61. The summed E-state index contributed by atoms with van der Waals surface area (Å²) in [6.07, 6.45) is 3.04. The molecule has 1 N–H and O–H groups in total. The first-order valence-electron chi connectivity index (χ1n) is 7.53. The molecule has 0 spiro atoms. The average molecular weight is 397 g/mol. The lowest BCUT2D eigenvalue weighted by Gasteiger charge is -1.99. The maximum atomic E-state index is 12.7. The van der Waals surface area contributed by atoms with Crippen molar-refractivity contribution in [2.75, 3.05) is 7.11 Å². The van der Waals surface area contributed by atoms with E-state index in [0.29, 0.717) is 16.8 Å². The molecule has 0 radical (unpaired) electrons. The minimum absolute atomic E-state index is 0.256. The van der Waals surface area contributed by atoms with Crippen LogP contribution in [0.5, 0.6) is 5.75 Å². The lowest BCUT2D eigenvalue weighted by atomic mass is 10.2. The summed E-state index contributed by atoms with van der Waals surface area (Å²) in [4.78, 5) is 20.2. The molecule has 0 amide bonds. The van der Waals surface area contributed by atoms with Gasteiger partial charge in [0, 0.05) is 15.4 Å². The number of nitrogens with zero attached hydrogens (tertiary/aromatic N) is 3. The number of methoxy groups -OCH3 is 1. The molecule has 0 saturated heterocycles. The van der Waals surface area contributed by atoms with E-state index in [1.54, 1.807) is 13.3 Å². The van der Waals surface area contributed by atoms with Gasteiger partial charge in [0.1, 0.15) is 23.1 Å². The Morgan fingerprint density at radius 2 is 2.04 bits per heavy atom. The number of benzene rings is 2. The van der Waals surface area contributed by atoms with Crippen LogP contribution in [0.25, 0.3) is 21.9 Å². The minimum atomic E-state index is -0.256. The van der Waals surface area contributed by atoms with E-state index >= 15 is 0 Å². The first-order chi connectivity index (χ1) is 12.2. The van der Waals surface area contributed by atoms with Gasteiger partial charge in [-0.3, -0.25) is 4.79 Å². The van der Waals surface area contributed by atoms with E-state index in [1.165, 1.54) is 11.0 Å². The zero-order valence-corrected chi connectivity index (χ0v) is 14.8. The predicted molar refractivity (Wildman–Crippen MR) is 102 cm³/mol. The van der Waals surface area contributed by atoms with E-state index < -0.39 is 0 Å². The molecular formula is C18H13BrN4O2. The van der Waals surface area contributed by atoms with Gasteiger partial charge in [-0.1, -0.05) is 28.1 Å². The van der Waals surface area contributed by atoms with Gasteiger partial charge in [0.15, 0.2) is 0 Å². The predicted octanol–water partition coefficient (Wildman–Crippen LogP) is 3.53. The number of halogens is 1. The van der Waals surface area contributed by atoms with Gasteiger partial charge in [-0.2, -0.15) is 9.78 Å². The Kier molecular flexibility index (Phi) is 3.85. The maximum Gasteiger partial charge on any atom is 0.298 e. The normalized spacial score (nSPS) is 11.6. The van der Waals surface area contributed by atoms with E-state index in [4.69, 9.17) is 4.74 Å². The minimum Gasteiger partial charge on any atom is -0.497 e. The summed E-state index contributed by atoms with van der Waals surface area (Å²) in [6, 6.07) is 13.2. The van der Waals surface area contributed by atoms with Crippen LogP contribution < -0.4 is 10.3 Å². The van der Waals surface area contributed by atoms with Gasteiger partial charge >= 0.3 is 0 Å². The Bertz CT molecular complexity index is 1160. The van der Waals surface area contributed by atoms with Crippen LogP contribution in [-0.4, -0.2) is 28.0 Å². The van der Waals surface area contributed by atoms with E-state index in [0.717, 1.165) is 20.9 Å². The third kappa shape index (κ3) is 2.83. The number of H-pyrrole nitrogens is 1. The van der Waals surface area contributed by atoms with E-state index in [9.17, 15) is 4.79 Å². The van der Waals surface area contributed by atoms with Crippen molar-refractivity contribution in [2.45, 2.75) is 0 Å². The highest BCUT2D eigenvalue weighted by molar-refractivity contribution is 9.10. The van der Waals surface area contributed by atoms with Crippen molar-refractivity contribution in [2.24, 2.45) is 5.10 Å². The lowest BCUT2D eigenvalue weighted by Crippen LogP contribution is -2.17. The first kappa shape index (κ1) is 15.6. The highest BCUT2D eigenvalue weighted by Crippen LogP contribution is 2.25. The number of hydrogen-bond donors (Lipinski definition) is 1. The highest BCUT2D eigenvalue weighted by Gasteiger charge is 2.11. The second-order valence-corrected chi connectivity index (χ2v) is 6.37. The molecule has 6 nitrogen and oxygen atoms in total. The Hall–Kier alpha value is -2.93. The fraction of sp³-hybridized carbons (Fsp3) is 0.0556. The van der Waals surface area contributed by atoms with Crippen LogP contribution in [0.4, 0.5) is 0 Å². The van der Waals surface area contributed by atoms with Crippen molar-refractivity contribution in [1.29, 1.82) is 0 Å². The molecule has 2 aromatic carbocycles. The molecule has 0 fully saturated rings. The smallest absolute Gasteiger partial charge is 0.298 e. The highest BCUT2D eigenvalue weighted by atomic mass is 79.9. The quantitative estimate of drug-likeness (QED) is 0.538. The Morgan fingerprint density at radius 3 is 2.80 bits per heavy atom. The second kappa shape index (κ2) is 6.18. The van der Waals surface area contributed by atoms with E-state index in [1.807, 2.05) is 42.5 Å². The number of aromatic amines is 1. The van der Waals surface area contributed by atoms with Gasteiger partial charge in [0.25, 0.3) is 5.56 Å². The molecule has 0 unspecified atom stereocenters. The molecule has 2 aromatic heterocycles. The molecule has 4 aromatic rings. The Morgan fingerprint density at radius 1 is 1.24 bits per heavy atom. The molecule has 2 heterocycles. The summed E-state index contributed by atoms with van der Waals surface area (Å²) >= 11 is 3.38. The standard InChI is InChI=1S/C18H13BrN4O2/c1-25-13-6-7-15-14(8-13)16-17(22-15)18(24)23(10-20-16)21-9-11-2-4-12(19)5-3-11/h2-10,22H,1H3/b21-9+. The number of ether oxygens (including phenoxy) is 1. The third-order valence-corrected chi connectivity index (χ3v) is 4.43. The van der Waals surface area contributed by atoms with Crippen molar-refractivity contribution in [3.8, 4) is 5.75 Å². The van der Waals surface area contributed by atoms with E-state index in [2.05, 4.69) is 31.0 Å². The largest absolute Gasteiger partial charge is 0.497 e. The Balaban J connectivity index is 1.81. The fourth-order valence-corrected chi connectivity index (χ4v) is 2.88. The van der Waals surface area contributed by atoms with Gasteiger partial charge in [-0.15, -0.1) is 0 Å². The molecule has 124 valence electrons. The van der Waals surface area contributed by atoms with Crippen LogP contribution in [0.2, 0.25) is 0 Å². The van der Waals surface area contributed by atoms with Crippen molar-refractivity contribution >= 4 is 44.1 Å². The number of fused-ring (bicyclic) bond motifs is 3. The lowest BCUT2D eigenvalue weighted by molar-refractivity contribution is 0.415. The molecule has 0 bridgehead atoms. The molecule has 0 aliphatic carbocycles. The van der Waals surface area contributed by atoms with Gasteiger partial charge < -0.3 is 9.72 Å². The number of hydrogen-bond acceptors (Lipinski definition) is 4. The zero-order valence-electron chi connectivity index (χ0n) is 13.2. The molecule has 0 saturated carbocycles. The molecule has 0 atom stereocenters. The number of rotatable bonds is 3. The SMILES string of the molecule is COc1ccc2[nH]c3c(=O)n(/N=C/c4ccc(Br)cc4)cnc3c2c1. The summed E-state index contributed by atoms with van der Waals surface area (Å²) in [5.74, 6) is 0.715. The number of aromatic nitrogens is 3. The topological polar surface area (TPSA) is 72.3 Å². The van der Waals surface area contributed by atoms with Crippen LogP contribution in [0, 0.1) is 0 Å². The van der Waals surface area contributed by atoms with Crippen LogP contribution in [0.3, 0.4) is 0 Å². The van der Waals surface area contributed by atoms with Gasteiger partial charge in [-0.25, -0.2) is 4.98 Å². The molecule has 0 aliphatic heterocycles. The van der Waals surface area contributed by atoms with Crippen molar-refractivity contribution in [3.63, 3.8) is 0 Å². The number of nitrogens with one attached hydrogen (secondary N) is 1.